The van der Waals surface area contributed by atoms with Gasteiger partial charge in [-0.2, -0.15) is 0 Å². The normalized spacial score (nSPS) is 18.4. The lowest BCUT2D eigenvalue weighted by molar-refractivity contribution is 0.180. The largest absolute Gasteiger partial charge is 0.314 e. The van der Waals surface area contributed by atoms with Gasteiger partial charge in [-0.05, 0) is 57.7 Å². The summed E-state index contributed by atoms with van der Waals surface area (Å²) in [5, 5.41) is 3.57. The van der Waals surface area contributed by atoms with Gasteiger partial charge in [-0.3, -0.25) is 0 Å². The molecule has 0 spiro atoms. The van der Waals surface area contributed by atoms with Crippen molar-refractivity contribution in [3.8, 4) is 0 Å². The molecule has 1 atom stereocenters. The van der Waals surface area contributed by atoms with Gasteiger partial charge in [0.1, 0.15) is 0 Å². The van der Waals surface area contributed by atoms with Gasteiger partial charge in [0.2, 0.25) is 0 Å². The first-order valence-electron chi connectivity index (χ1n) is 7.75. The van der Waals surface area contributed by atoms with Crippen LogP contribution in [0, 0.1) is 5.92 Å². The zero-order valence-electron chi connectivity index (χ0n) is 12.2. The number of hydrogen-bond acceptors (Lipinski definition) is 2. The average Bonchev–Trinajstić information content (AvgIpc) is 2.29. The molecule has 0 saturated heterocycles. The van der Waals surface area contributed by atoms with Gasteiger partial charge in [0.25, 0.3) is 0 Å². The number of nitrogens with one attached hydrogen (secondary N) is 1. The highest BCUT2D eigenvalue weighted by atomic mass is 15.1. The molecule has 1 rings (SSSR count). The second-order valence-corrected chi connectivity index (χ2v) is 5.50. The van der Waals surface area contributed by atoms with Gasteiger partial charge in [0.05, 0.1) is 0 Å². The van der Waals surface area contributed by atoms with Crippen LogP contribution in [0.2, 0.25) is 0 Å². The molecule has 0 amide bonds. The molecule has 1 fully saturated rings. The summed E-state index contributed by atoms with van der Waals surface area (Å²) in [6.07, 6.45) is 8.39. The smallest absolute Gasteiger partial charge is 0.00647 e. The monoisotopic (exact) mass is 240 g/mol. The highest BCUT2D eigenvalue weighted by molar-refractivity contribution is 4.74. The lowest BCUT2D eigenvalue weighted by Gasteiger charge is -2.32. The molecule has 102 valence electrons. The van der Waals surface area contributed by atoms with Crippen molar-refractivity contribution in [3.63, 3.8) is 0 Å². The molecular formula is C15H32N2. The Morgan fingerprint density at radius 3 is 2.47 bits per heavy atom. The van der Waals surface area contributed by atoms with E-state index in [2.05, 4.69) is 31.0 Å². The topological polar surface area (TPSA) is 15.3 Å². The molecule has 2 heteroatoms. The maximum atomic E-state index is 3.57. The molecule has 1 saturated carbocycles. The number of hydrogen-bond donors (Lipinski definition) is 1. The van der Waals surface area contributed by atoms with Crippen LogP contribution in [0.15, 0.2) is 0 Å². The molecule has 1 aliphatic rings. The lowest BCUT2D eigenvalue weighted by Crippen LogP contribution is -2.34. The third-order valence-corrected chi connectivity index (χ3v) is 4.20. The van der Waals surface area contributed by atoms with Crippen LogP contribution in [-0.4, -0.2) is 37.1 Å². The first-order valence-corrected chi connectivity index (χ1v) is 7.75. The second kappa shape index (κ2) is 8.93. The molecule has 1 unspecified atom stereocenters. The van der Waals surface area contributed by atoms with Gasteiger partial charge in [-0.15, -0.1) is 0 Å². The fourth-order valence-electron chi connectivity index (χ4n) is 2.72. The predicted octanol–water partition coefficient (Wildman–Crippen LogP) is 3.28. The average molecular weight is 240 g/mol. The summed E-state index contributed by atoms with van der Waals surface area (Å²) in [6, 6.07) is 0.738. The third kappa shape index (κ3) is 5.87. The Balaban J connectivity index is 2.08. The zero-order chi connectivity index (χ0) is 12.5. The van der Waals surface area contributed by atoms with Gasteiger partial charge in [0.15, 0.2) is 0 Å². The first kappa shape index (κ1) is 15.0. The van der Waals surface area contributed by atoms with E-state index in [0.29, 0.717) is 0 Å². The molecule has 2 nitrogen and oxygen atoms in total. The predicted molar refractivity (Wildman–Crippen MR) is 76.4 cm³/mol. The zero-order valence-corrected chi connectivity index (χ0v) is 12.2. The minimum atomic E-state index is 0.738. The van der Waals surface area contributed by atoms with Crippen molar-refractivity contribution < 1.29 is 0 Å². The molecule has 0 aromatic rings. The van der Waals surface area contributed by atoms with E-state index < -0.39 is 0 Å². The highest BCUT2D eigenvalue weighted by Gasteiger charge is 2.19. The molecule has 17 heavy (non-hydrogen) atoms. The number of rotatable bonds is 10. The van der Waals surface area contributed by atoms with E-state index in [1.807, 2.05) is 0 Å². The van der Waals surface area contributed by atoms with Crippen molar-refractivity contribution in [2.24, 2.45) is 5.92 Å². The van der Waals surface area contributed by atoms with Crippen molar-refractivity contribution >= 4 is 0 Å². The molecule has 0 aliphatic heterocycles. The van der Waals surface area contributed by atoms with Crippen molar-refractivity contribution in [2.75, 3.05) is 26.2 Å². The van der Waals surface area contributed by atoms with E-state index in [-0.39, 0.29) is 0 Å². The van der Waals surface area contributed by atoms with Crippen molar-refractivity contribution in [1.82, 2.24) is 10.2 Å². The molecular weight excluding hydrogens is 208 g/mol. The summed E-state index contributed by atoms with van der Waals surface area (Å²) in [5.74, 6) is 1.02. The molecule has 1 N–H and O–H groups in total. The minimum Gasteiger partial charge on any atom is -0.314 e. The highest BCUT2D eigenvalue weighted by Crippen LogP contribution is 2.27. The van der Waals surface area contributed by atoms with Crippen LogP contribution in [0.4, 0.5) is 0 Å². The van der Waals surface area contributed by atoms with Crippen LogP contribution in [0.3, 0.4) is 0 Å². The van der Waals surface area contributed by atoms with E-state index in [4.69, 9.17) is 0 Å². The molecule has 0 bridgehead atoms. The Bertz CT molecular complexity index is 178. The Morgan fingerprint density at radius 1 is 1.24 bits per heavy atom. The quantitative estimate of drug-likeness (QED) is 0.630. The molecule has 0 aromatic carbocycles. The van der Waals surface area contributed by atoms with Gasteiger partial charge < -0.3 is 10.2 Å². The fraction of sp³-hybridized carbons (Fsp3) is 1.00. The van der Waals surface area contributed by atoms with E-state index in [1.54, 1.807) is 0 Å². The van der Waals surface area contributed by atoms with Crippen LogP contribution in [0.1, 0.15) is 59.3 Å². The summed E-state index contributed by atoms with van der Waals surface area (Å²) >= 11 is 0. The Labute approximate surface area is 108 Å². The molecule has 1 aliphatic carbocycles. The van der Waals surface area contributed by atoms with Crippen molar-refractivity contribution in [2.45, 2.75) is 65.3 Å². The molecule has 0 heterocycles. The molecule has 0 radical (unpaired) electrons. The van der Waals surface area contributed by atoms with Crippen LogP contribution in [0.25, 0.3) is 0 Å². The lowest BCUT2D eigenvalue weighted by atomic mass is 9.85. The molecule has 0 aromatic heterocycles. The first-order chi connectivity index (χ1) is 8.30. The Morgan fingerprint density at radius 2 is 2.00 bits per heavy atom. The summed E-state index contributed by atoms with van der Waals surface area (Å²) in [5.41, 5.74) is 0. The SMILES string of the molecule is CCNC(CC)CCCN(CC)CC1CCC1. The Hall–Kier alpha value is -0.0800. The van der Waals surface area contributed by atoms with Gasteiger partial charge in [-0.25, -0.2) is 0 Å². The fourth-order valence-corrected chi connectivity index (χ4v) is 2.72. The third-order valence-electron chi connectivity index (χ3n) is 4.20. The van der Waals surface area contributed by atoms with Crippen molar-refractivity contribution in [1.29, 1.82) is 0 Å². The van der Waals surface area contributed by atoms with Gasteiger partial charge >= 0.3 is 0 Å². The van der Waals surface area contributed by atoms with E-state index in [1.165, 1.54) is 58.2 Å². The maximum absolute atomic E-state index is 3.57. The minimum absolute atomic E-state index is 0.738. The van der Waals surface area contributed by atoms with Crippen LogP contribution < -0.4 is 5.32 Å². The summed E-state index contributed by atoms with van der Waals surface area (Å²) in [7, 11) is 0. The standard InChI is InChI=1S/C15H32N2/c1-4-15(16-5-2)11-8-12-17(6-3)13-14-9-7-10-14/h14-16H,4-13H2,1-3H3. The van der Waals surface area contributed by atoms with E-state index >= 15 is 0 Å². The van der Waals surface area contributed by atoms with Crippen LogP contribution in [0.5, 0.6) is 0 Å². The van der Waals surface area contributed by atoms with Crippen LogP contribution in [-0.2, 0) is 0 Å². The Kier molecular flexibility index (Phi) is 7.87. The van der Waals surface area contributed by atoms with Gasteiger partial charge in [0, 0.05) is 12.6 Å². The van der Waals surface area contributed by atoms with Gasteiger partial charge in [-0.1, -0.05) is 27.2 Å². The maximum Gasteiger partial charge on any atom is 0.00647 e. The second-order valence-electron chi connectivity index (χ2n) is 5.50. The number of nitrogens with zero attached hydrogens (tertiary/aromatic N) is 1. The van der Waals surface area contributed by atoms with E-state index in [0.717, 1.165) is 18.5 Å². The summed E-state index contributed by atoms with van der Waals surface area (Å²) < 4.78 is 0. The van der Waals surface area contributed by atoms with Crippen LogP contribution >= 0.6 is 0 Å². The van der Waals surface area contributed by atoms with Crippen molar-refractivity contribution in [3.05, 3.63) is 0 Å². The van der Waals surface area contributed by atoms with E-state index in [9.17, 15) is 0 Å². The summed E-state index contributed by atoms with van der Waals surface area (Å²) in [6.45, 7) is 11.8. The summed E-state index contributed by atoms with van der Waals surface area (Å²) in [4.78, 5) is 2.66.